The van der Waals surface area contributed by atoms with Gasteiger partial charge in [-0.05, 0) is 61.6 Å². The van der Waals surface area contributed by atoms with E-state index >= 15 is 0 Å². The van der Waals surface area contributed by atoms with Gasteiger partial charge in [-0.3, -0.25) is 9.59 Å². The molecule has 1 fully saturated rings. The van der Waals surface area contributed by atoms with E-state index in [0.29, 0.717) is 11.5 Å². The Hall–Kier alpha value is -2.89. The summed E-state index contributed by atoms with van der Waals surface area (Å²) >= 11 is 0. The van der Waals surface area contributed by atoms with E-state index in [2.05, 4.69) is 22.5 Å². The molecular formula is C23H28N4O2. The standard InChI is InChI=1S/C23H28N4O2/c1-13-6-5-7-20(25-13)26-21-14(2)22(16-8-9-16)27(15(3)28)19-11-10-17(12-18(19)21)23(29)24-4/h5-7,10-12,14,16,21-22H,8-9H2,1-4H3,(H,24,29)(H,25,26). The Kier molecular flexibility index (Phi) is 5.03. The molecule has 6 nitrogen and oxygen atoms in total. The van der Waals surface area contributed by atoms with Crippen LogP contribution in [0, 0.1) is 18.8 Å². The van der Waals surface area contributed by atoms with Gasteiger partial charge in [0.05, 0.1) is 6.04 Å². The first-order valence-electron chi connectivity index (χ1n) is 10.3. The zero-order valence-corrected chi connectivity index (χ0v) is 17.4. The zero-order valence-electron chi connectivity index (χ0n) is 17.4. The fourth-order valence-corrected chi connectivity index (χ4v) is 4.63. The summed E-state index contributed by atoms with van der Waals surface area (Å²) in [4.78, 5) is 31.5. The van der Waals surface area contributed by atoms with Crippen LogP contribution >= 0.6 is 0 Å². The van der Waals surface area contributed by atoms with Crippen molar-refractivity contribution in [2.24, 2.45) is 11.8 Å². The number of carbonyl (C=O) groups excluding carboxylic acids is 2. The molecule has 3 atom stereocenters. The number of pyridine rings is 1. The maximum absolute atomic E-state index is 12.6. The number of anilines is 2. The Bertz CT molecular complexity index is 954. The first-order chi connectivity index (χ1) is 13.9. The van der Waals surface area contributed by atoms with Crippen LogP contribution in [0.15, 0.2) is 36.4 Å². The molecule has 2 aromatic rings. The highest BCUT2D eigenvalue weighted by atomic mass is 16.2. The van der Waals surface area contributed by atoms with Gasteiger partial charge in [0, 0.05) is 42.9 Å². The van der Waals surface area contributed by atoms with Gasteiger partial charge in [0.2, 0.25) is 5.91 Å². The third-order valence-corrected chi connectivity index (χ3v) is 6.11. The Labute approximate surface area is 171 Å². The lowest BCUT2D eigenvalue weighted by atomic mass is 9.79. The lowest BCUT2D eigenvalue weighted by Gasteiger charge is -2.46. The fourth-order valence-electron chi connectivity index (χ4n) is 4.63. The van der Waals surface area contributed by atoms with Crippen LogP contribution < -0.4 is 15.5 Å². The van der Waals surface area contributed by atoms with Crippen LogP contribution in [0.4, 0.5) is 11.5 Å². The van der Waals surface area contributed by atoms with Crippen molar-refractivity contribution in [3.8, 4) is 0 Å². The first-order valence-corrected chi connectivity index (χ1v) is 10.3. The maximum Gasteiger partial charge on any atom is 0.251 e. The average molecular weight is 393 g/mol. The van der Waals surface area contributed by atoms with E-state index in [9.17, 15) is 9.59 Å². The second-order valence-electron chi connectivity index (χ2n) is 8.22. The number of nitrogens with zero attached hydrogens (tertiary/aromatic N) is 2. The van der Waals surface area contributed by atoms with Gasteiger partial charge in [-0.25, -0.2) is 4.98 Å². The molecule has 2 amide bonds. The Morgan fingerprint density at radius 2 is 1.93 bits per heavy atom. The SMILES string of the molecule is CNC(=O)c1ccc2c(c1)C(Nc1cccc(C)n1)C(C)C(C1CC1)N2C(C)=O. The minimum atomic E-state index is -0.133. The lowest BCUT2D eigenvalue weighted by molar-refractivity contribution is -0.117. The van der Waals surface area contributed by atoms with Crippen molar-refractivity contribution < 1.29 is 9.59 Å². The summed E-state index contributed by atoms with van der Waals surface area (Å²) in [5, 5.41) is 6.29. The van der Waals surface area contributed by atoms with Crippen LogP contribution in [0.5, 0.6) is 0 Å². The van der Waals surface area contributed by atoms with E-state index in [1.54, 1.807) is 20.0 Å². The second kappa shape index (κ2) is 7.50. The van der Waals surface area contributed by atoms with E-state index in [-0.39, 0.29) is 29.8 Å². The number of rotatable bonds is 4. The minimum absolute atomic E-state index is 0.0369. The summed E-state index contributed by atoms with van der Waals surface area (Å²) in [6.07, 6.45) is 2.31. The highest BCUT2D eigenvalue weighted by Crippen LogP contribution is 2.50. The molecule has 0 spiro atoms. The number of carbonyl (C=O) groups is 2. The second-order valence-corrected chi connectivity index (χ2v) is 8.22. The van der Waals surface area contributed by atoms with Crippen LogP contribution in [0.2, 0.25) is 0 Å². The number of aromatic nitrogens is 1. The number of nitrogens with one attached hydrogen (secondary N) is 2. The van der Waals surface area contributed by atoms with Crippen molar-refractivity contribution in [2.45, 2.75) is 45.7 Å². The molecule has 1 aliphatic carbocycles. The molecule has 1 aromatic heterocycles. The van der Waals surface area contributed by atoms with E-state index in [1.807, 2.05) is 42.2 Å². The summed E-state index contributed by atoms with van der Waals surface area (Å²) in [6, 6.07) is 11.7. The van der Waals surface area contributed by atoms with E-state index < -0.39 is 0 Å². The average Bonchev–Trinajstić information content (AvgIpc) is 3.53. The number of aryl methyl sites for hydroxylation is 1. The Morgan fingerprint density at radius 3 is 2.55 bits per heavy atom. The molecule has 0 radical (unpaired) electrons. The maximum atomic E-state index is 12.6. The summed E-state index contributed by atoms with van der Waals surface area (Å²) in [5.41, 5.74) is 3.40. The van der Waals surface area contributed by atoms with Gasteiger partial charge in [-0.2, -0.15) is 0 Å². The molecule has 1 saturated carbocycles. The first kappa shape index (κ1) is 19.4. The highest BCUT2D eigenvalue weighted by molar-refractivity contribution is 5.98. The van der Waals surface area contributed by atoms with Gasteiger partial charge >= 0.3 is 0 Å². The summed E-state index contributed by atoms with van der Waals surface area (Å²) in [7, 11) is 1.63. The highest BCUT2D eigenvalue weighted by Gasteiger charge is 2.47. The van der Waals surface area contributed by atoms with Crippen molar-refractivity contribution in [1.29, 1.82) is 0 Å². The molecule has 29 heavy (non-hydrogen) atoms. The van der Waals surface area contributed by atoms with Crippen molar-refractivity contribution in [2.75, 3.05) is 17.3 Å². The van der Waals surface area contributed by atoms with Gasteiger partial charge in [-0.15, -0.1) is 0 Å². The molecule has 0 saturated heterocycles. The Morgan fingerprint density at radius 1 is 1.17 bits per heavy atom. The largest absolute Gasteiger partial charge is 0.363 e. The predicted octanol–water partition coefficient (Wildman–Crippen LogP) is 3.68. The molecule has 152 valence electrons. The van der Waals surface area contributed by atoms with E-state index in [4.69, 9.17) is 0 Å². The third kappa shape index (κ3) is 3.59. The van der Waals surface area contributed by atoms with Crippen LogP contribution in [0.3, 0.4) is 0 Å². The monoisotopic (exact) mass is 392 g/mol. The summed E-state index contributed by atoms with van der Waals surface area (Å²) < 4.78 is 0. The van der Waals surface area contributed by atoms with Crippen molar-refractivity contribution in [3.63, 3.8) is 0 Å². The molecule has 1 aliphatic heterocycles. The molecule has 1 aromatic carbocycles. The van der Waals surface area contributed by atoms with Crippen LogP contribution in [-0.4, -0.2) is 29.9 Å². The van der Waals surface area contributed by atoms with E-state index in [1.165, 1.54) is 0 Å². The molecule has 3 unspecified atom stereocenters. The topological polar surface area (TPSA) is 74.3 Å². The summed E-state index contributed by atoms with van der Waals surface area (Å²) in [6.45, 7) is 5.80. The number of benzene rings is 1. The normalized spacial score (nSPS) is 23.3. The Balaban J connectivity index is 1.83. The van der Waals surface area contributed by atoms with Gasteiger partial charge in [-0.1, -0.05) is 13.0 Å². The van der Waals surface area contributed by atoms with Crippen LogP contribution in [-0.2, 0) is 4.79 Å². The van der Waals surface area contributed by atoms with Crippen molar-refractivity contribution >= 4 is 23.3 Å². The third-order valence-electron chi connectivity index (χ3n) is 6.11. The van der Waals surface area contributed by atoms with Gasteiger partial charge in [0.25, 0.3) is 5.91 Å². The zero-order chi connectivity index (χ0) is 20.7. The van der Waals surface area contributed by atoms with Gasteiger partial charge in [0.15, 0.2) is 0 Å². The number of amides is 2. The fraction of sp³-hybridized carbons (Fsp3) is 0.435. The molecule has 4 rings (SSSR count). The van der Waals surface area contributed by atoms with Gasteiger partial charge in [0.1, 0.15) is 5.82 Å². The number of hydrogen-bond donors (Lipinski definition) is 2. The molecular weight excluding hydrogens is 364 g/mol. The smallest absolute Gasteiger partial charge is 0.251 e. The number of fused-ring (bicyclic) bond motifs is 1. The van der Waals surface area contributed by atoms with Crippen molar-refractivity contribution in [1.82, 2.24) is 10.3 Å². The van der Waals surface area contributed by atoms with E-state index in [0.717, 1.165) is 35.6 Å². The lowest BCUT2D eigenvalue weighted by Crippen LogP contribution is -2.51. The van der Waals surface area contributed by atoms with Crippen molar-refractivity contribution in [3.05, 3.63) is 53.2 Å². The predicted molar refractivity (Wildman–Crippen MR) is 114 cm³/mol. The molecule has 2 N–H and O–H groups in total. The number of hydrogen-bond acceptors (Lipinski definition) is 4. The molecule has 6 heteroatoms. The van der Waals surface area contributed by atoms with Gasteiger partial charge < -0.3 is 15.5 Å². The molecule has 2 aliphatic rings. The van der Waals surface area contributed by atoms with Crippen LogP contribution in [0.25, 0.3) is 0 Å². The van der Waals surface area contributed by atoms with Crippen LogP contribution in [0.1, 0.15) is 54.3 Å². The quantitative estimate of drug-likeness (QED) is 0.832. The summed E-state index contributed by atoms with van der Waals surface area (Å²) in [5.74, 6) is 1.43. The molecule has 0 bridgehead atoms. The molecule has 2 heterocycles. The minimum Gasteiger partial charge on any atom is -0.363 e.